The van der Waals surface area contributed by atoms with Crippen LogP contribution < -0.4 is 9.86 Å². The first-order valence-corrected chi connectivity index (χ1v) is 8.81. The molecule has 1 aromatic carbocycles. The van der Waals surface area contributed by atoms with Gasteiger partial charge >= 0.3 is 0 Å². The topological polar surface area (TPSA) is 135 Å². The number of sulfonamides is 2. The minimum absolute atomic E-state index is 0.0112. The Bertz CT molecular complexity index is 885. The molecule has 0 amide bonds. The number of anilines is 1. The molecule has 0 saturated carbocycles. The fraction of sp³-hybridized carbons (Fsp3) is 0.182. The molecule has 0 unspecified atom stereocenters. The zero-order chi connectivity index (χ0) is 15.8. The van der Waals surface area contributed by atoms with Crippen molar-refractivity contribution in [3.8, 4) is 0 Å². The number of primary sulfonamides is 1. The molecular weight excluding hydrogens is 316 g/mol. The normalized spacial score (nSPS) is 12.3. The minimum Gasteiger partial charge on any atom is -0.281 e. The molecule has 0 spiro atoms. The summed E-state index contributed by atoms with van der Waals surface area (Å²) in [4.78, 5) is -0.144. The first-order chi connectivity index (χ1) is 9.63. The lowest BCUT2D eigenvalue weighted by Gasteiger charge is -2.12. The van der Waals surface area contributed by atoms with Crippen LogP contribution in [0.4, 0.5) is 5.69 Å². The number of nitrogens with one attached hydrogen (secondary N) is 2. The minimum atomic E-state index is -3.93. The van der Waals surface area contributed by atoms with Crippen molar-refractivity contribution in [3.05, 3.63) is 35.7 Å². The van der Waals surface area contributed by atoms with Crippen LogP contribution in [0.15, 0.2) is 34.2 Å². The van der Waals surface area contributed by atoms with Gasteiger partial charge in [0, 0.05) is 0 Å². The zero-order valence-electron chi connectivity index (χ0n) is 11.3. The van der Waals surface area contributed by atoms with Crippen molar-refractivity contribution < 1.29 is 16.8 Å². The summed E-state index contributed by atoms with van der Waals surface area (Å²) in [6, 6.07) is 4.18. The summed E-state index contributed by atoms with van der Waals surface area (Å²) < 4.78 is 49.7. The number of nitrogens with two attached hydrogens (primary N) is 1. The molecule has 0 fully saturated rings. The van der Waals surface area contributed by atoms with E-state index in [2.05, 4.69) is 14.9 Å². The number of hydrogen-bond donors (Lipinski definition) is 3. The molecular formula is C11H14N4O4S2. The molecule has 0 saturated heterocycles. The SMILES string of the molecule is Cc1[nH]ncc1S(=O)(=O)Nc1cccc(S(N)(=O)=O)c1C. The largest absolute Gasteiger partial charge is 0.281 e. The van der Waals surface area contributed by atoms with Gasteiger partial charge in [0.05, 0.1) is 22.5 Å². The number of H-pyrrole nitrogens is 1. The van der Waals surface area contributed by atoms with Gasteiger partial charge in [-0.1, -0.05) is 6.07 Å². The Labute approximate surface area is 122 Å². The quantitative estimate of drug-likeness (QED) is 0.749. The molecule has 0 aliphatic carbocycles. The zero-order valence-corrected chi connectivity index (χ0v) is 12.9. The second kappa shape index (κ2) is 5.13. The summed E-state index contributed by atoms with van der Waals surface area (Å²) in [7, 11) is -7.79. The second-order valence-corrected chi connectivity index (χ2v) is 7.62. The van der Waals surface area contributed by atoms with Crippen LogP contribution in [0.2, 0.25) is 0 Å². The Balaban J connectivity index is 2.49. The number of benzene rings is 1. The summed E-state index contributed by atoms with van der Waals surface area (Å²) in [5.74, 6) is 0. The highest BCUT2D eigenvalue weighted by Gasteiger charge is 2.21. The molecule has 0 atom stereocenters. The lowest BCUT2D eigenvalue weighted by molar-refractivity contribution is 0.595. The van der Waals surface area contributed by atoms with Crippen molar-refractivity contribution in [2.45, 2.75) is 23.6 Å². The van der Waals surface area contributed by atoms with Crippen LogP contribution in [0, 0.1) is 13.8 Å². The third kappa shape index (κ3) is 3.06. The summed E-state index contributed by atoms with van der Waals surface area (Å²) in [6.45, 7) is 3.04. The molecule has 2 rings (SSSR count). The lowest BCUT2D eigenvalue weighted by atomic mass is 10.2. The Morgan fingerprint density at radius 1 is 1.14 bits per heavy atom. The predicted molar refractivity (Wildman–Crippen MR) is 76.7 cm³/mol. The van der Waals surface area contributed by atoms with Crippen LogP contribution >= 0.6 is 0 Å². The molecule has 114 valence electrons. The Morgan fingerprint density at radius 2 is 1.81 bits per heavy atom. The first kappa shape index (κ1) is 15.5. The van der Waals surface area contributed by atoms with Crippen LogP contribution in [0.3, 0.4) is 0 Å². The number of hydrogen-bond acceptors (Lipinski definition) is 5. The average molecular weight is 330 g/mol. The van der Waals surface area contributed by atoms with Gasteiger partial charge in [0.1, 0.15) is 4.90 Å². The van der Waals surface area contributed by atoms with Gasteiger partial charge in [0.25, 0.3) is 10.0 Å². The number of rotatable bonds is 4. The van der Waals surface area contributed by atoms with Crippen molar-refractivity contribution in [3.63, 3.8) is 0 Å². The standard InChI is InChI=1S/C11H14N4O4S2/c1-7-9(4-3-5-10(7)20(12,16)17)15-21(18,19)11-6-13-14-8(11)2/h3-6,15H,1-2H3,(H,13,14)(H2,12,16,17). The van der Waals surface area contributed by atoms with Crippen LogP contribution in [0.25, 0.3) is 0 Å². The second-order valence-electron chi connectivity index (χ2n) is 4.44. The molecule has 1 aromatic heterocycles. The summed E-state index contributed by atoms with van der Waals surface area (Å²) in [5, 5.41) is 11.3. The van der Waals surface area contributed by atoms with Crippen LogP contribution in [-0.4, -0.2) is 27.0 Å². The van der Waals surface area contributed by atoms with E-state index in [0.717, 1.165) is 0 Å². The molecule has 0 aliphatic rings. The third-order valence-electron chi connectivity index (χ3n) is 2.91. The number of aromatic amines is 1. The van der Waals surface area contributed by atoms with Gasteiger partial charge < -0.3 is 0 Å². The van der Waals surface area contributed by atoms with E-state index in [1.54, 1.807) is 6.92 Å². The summed E-state index contributed by atoms with van der Waals surface area (Å²) in [5.41, 5.74) is 0.745. The molecule has 8 nitrogen and oxygen atoms in total. The maximum atomic E-state index is 12.2. The smallest absolute Gasteiger partial charge is 0.265 e. The number of aromatic nitrogens is 2. The van der Waals surface area contributed by atoms with E-state index in [1.807, 2.05) is 0 Å². The number of nitrogens with zero attached hydrogens (tertiary/aromatic N) is 1. The van der Waals surface area contributed by atoms with Gasteiger partial charge in [0.15, 0.2) is 0 Å². The summed E-state index contributed by atoms with van der Waals surface area (Å²) in [6.07, 6.45) is 1.18. The Kier molecular flexibility index (Phi) is 3.78. The highest BCUT2D eigenvalue weighted by Crippen LogP contribution is 2.25. The predicted octanol–water partition coefficient (Wildman–Crippen LogP) is 0.475. The van der Waals surface area contributed by atoms with E-state index in [0.29, 0.717) is 5.69 Å². The maximum Gasteiger partial charge on any atom is 0.265 e. The molecule has 0 bridgehead atoms. The van der Waals surface area contributed by atoms with Gasteiger partial charge in [-0.2, -0.15) is 5.10 Å². The molecule has 1 heterocycles. The van der Waals surface area contributed by atoms with Gasteiger partial charge in [-0.25, -0.2) is 22.0 Å². The monoisotopic (exact) mass is 330 g/mol. The van der Waals surface area contributed by atoms with E-state index in [1.165, 1.54) is 31.3 Å². The van der Waals surface area contributed by atoms with Gasteiger partial charge in [-0.3, -0.25) is 9.82 Å². The van der Waals surface area contributed by atoms with Crippen LogP contribution in [0.5, 0.6) is 0 Å². The average Bonchev–Trinajstić information content (AvgIpc) is 2.77. The Morgan fingerprint density at radius 3 is 2.33 bits per heavy atom. The van der Waals surface area contributed by atoms with Crippen molar-refractivity contribution in [2.75, 3.05) is 4.72 Å². The molecule has 0 radical (unpaired) electrons. The highest BCUT2D eigenvalue weighted by molar-refractivity contribution is 7.92. The van der Waals surface area contributed by atoms with E-state index in [4.69, 9.17) is 5.14 Å². The van der Waals surface area contributed by atoms with Crippen molar-refractivity contribution in [1.82, 2.24) is 10.2 Å². The van der Waals surface area contributed by atoms with E-state index in [-0.39, 0.29) is 21.0 Å². The number of aryl methyl sites for hydroxylation is 1. The maximum absolute atomic E-state index is 12.2. The molecule has 2 aromatic rings. The molecule has 4 N–H and O–H groups in total. The Hall–Kier alpha value is -1.91. The molecule has 10 heteroatoms. The van der Waals surface area contributed by atoms with E-state index >= 15 is 0 Å². The van der Waals surface area contributed by atoms with Crippen molar-refractivity contribution in [2.24, 2.45) is 5.14 Å². The van der Waals surface area contributed by atoms with Gasteiger partial charge in [-0.15, -0.1) is 0 Å². The van der Waals surface area contributed by atoms with E-state index < -0.39 is 20.0 Å². The third-order valence-corrected chi connectivity index (χ3v) is 5.44. The lowest BCUT2D eigenvalue weighted by Crippen LogP contribution is -2.17. The van der Waals surface area contributed by atoms with E-state index in [9.17, 15) is 16.8 Å². The fourth-order valence-electron chi connectivity index (χ4n) is 1.84. The molecule has 0 aliphatic heterocycles. The fourth-order valence-corrected chi connectivity index (χ4v) is 3.91. The van der Waals surface area contributed by atoms with Gasteiger partial charge in [0.2, 0.25) is 10.0 Å². The van der Waals surface area contributed by atoms with Crippen LogP contribution in [0.1, 0.15) is 11.3 Å². The van der Waals surface area contributed by atoms with Crippen LogP contribution in [-0.2, 0) is 20.0 Å². The summed E-state index contributed by atoms with van der Waals surface area (Å²) >= 11 is 0. The van der Waals surface area contributed by atoms with Gasteiger partial charge in [-0.05, 0) is 31.5 Å². The molecule has 21 heavy (non-hydrogen) atoms. The highest BCUT2D eigenvalue weighted by atomic mass is 32.2. The first-order valence-electron chi connectivity index (χ1n) is 5.78. The van der Waals surface area contributed by atoms with Crippen molar-refractivity contribution in [1.29, 1.82) is 0 Å². The van der Waals surface area contributed by atoms with Crippen molar-refractivity contribution >= 4 is 25.7 Å².